The molecule has 1 fully saturated rings. The van der Waals surface area contributed by atoms with E-state index in [1.807, 2.05) is 6.07 Å². The molecular formula is C18H19F3N4O. The number of halogens is 3. The minimum atomic E-state index is -4.18. The highest BCUT2D eigenvalue weighted by Gasteiger charge is 2.41. The van der Waals surface area contributed by atoms with Crippen LogP contribution in [0.4, 0.5) is 30.4 Å². The molecule has 1 aliphatic heterocycles. The van der Waals surface area contributed by atoms with Crippen LogP contribution in [0.1, 0.15) is 23.2 Å². The van der Waals surface area contributed by atoms with Crippen LogP contribution in [0.15, 0.2) is 42.6 Å². The van der Waals surface area contributed by atoms with Crippen LogP contribution in [0.3, 0.4) is 0 Å². The third-order valence-electron chi connectivity index (χ3n) is 4.50. The molecule has 5 nitrogen and oxygen atoms in total. The van der Waals surface area contributed by atoms with E-state index in [2.05, 4.69) is 10.3 Å². The van der Waals surface area contributed by atoms with Crippen molar-refractivity contribution in [2.75, 3.05) is 29.0 Å². The molecule has 138 valence electrons. The Morgan fingerprint density at radius 2 is 1.81 bits per heavy atom. The zero-order chi connectivity index (χ0) is 18.7. The van der Waals surface area contributed by atoms with Crippen LogP contribution in [0, 0.1) is 5.92 Å². The van der Waals surface area contributed by atoms with E-state index in [9.17, 15) is 18.0 Å². The van der Waals surface area contributed by atoms with Crippen molar-refractivity contribution in [1.82, 2.24) is 4.98 Å². The minimum Gasteiger partial charge on any atom is -0.395 e. The molecule has 3 N–H and O–H groups in total. The van der Waals surface area contributed by atoms with Gasteiger partial charge in [0, 0.05) is 25.0 Å². The number of nitrogens with two attached hydrogens (primary N) is 1. The van der Waals surface area contributed by atoms with E-state index >= 15 is 0 Å². The normalized spacial score (nSPS) is 15.7. The van der Waals surface area contributed by atoms with Gasteiger partial charge < -0.3 is 16.0 Å². The second-order valence-corrected chi connectivity index (χ2v) is 6.22. The van der Waals surface area contributed by atoms with Gasteiger partial charge in [0.05, 0.1) is 17.2 Å². The molecular weight excluding hydrogens is 345 g/mol. The van der Waals surface area contributed by atoms with Crippen LogP contribution in [-0.4, -0.2) is 30.2 Å². The number of nitrogen functional groups attached to an aromatic ring is 1. The molecule has 1 aliphatic rings. The smallest absolute Gasteiger partial charge is 0.391 e. The average Bonchev–Trinajstić information content (AvgIpc) is 2.62. The Morgan fingerprint density at radius 1 is 1.15 bits per heavy atom. The Labute approximate surface area is 149 Å². The number of carbonyl (C=O) groups excluding carboxylic acids is 1. The van der Waals surface area contributed by atoms with Crippen molar-refractivity contribution < 1.29 is 18.0 Å². The van der Waals surface area contributed by atoms with Gasteiger partial charge >= 0.3 is 6.18 Å². The third-order valence-corrected chi connectivity index (χ3v) is 4.50. The number of nitrogens with zero attached hydrogens (tertiary/aromatic N) is 2. The molecule has 26 heavy (non-hydrogen) atoms. The summed E-state index contributed by atoms with van der Waals surface area (Å²) in [5.74, 6) is -1.33. The van der Waals surface area contributed by atoms with Gasteiger partial charge in [-0.1, -0.05) is 18.2 Å². The predicted molar refractivity (Wildman–Crippen MR) is 94.0 cm³/mol. The molecule has 0 unspecified atom stereocenters. The molecule has 1 aromatic carbocycles. The van der Waals surface area contributed by atoms with Gasteiger partial charge in [-0.25, -0.2) is 4.98 Å². The number of piperidine rings is 1. The van der Waals surface area contributed by atoms with Crippen LogP contribution < -0.4 is 16.0 Å². The molecule has 3 rings (SSSR count). The summed E-state index contributed by atoms with van der Waals surface area (Å²) in [4.78, 5) is 18.4. The highest BCUT2D eigenvalue weighted by Crippen LogP contribution is 2.36. The van der Waals surface area contributed by atoms with E-state index in [-0.39, 0.29) is 43.1 Å². The summed E-state index contributed by atoms with van der Waals surface area (Å²) in [6.07, 6.45) is -2.75. The lowest BCUT2D eigenvalue weighted by molar-refractivity contribution is -0.179. The largest absolute Gasteiger partial charge is 0.395 e. The monoisotopic (exact) mass is 364 g/mol. The summed E-state index contributed by atoms with van der Waals surface area (Å²) >= 11 is 0. The number of nitrogens with one attached hydrogen (secondary N) is 1. The zero-order valence-electron chi connectivity index (χ0n) is 14.0. The standard InChI is InChI=1S/C18H19F3N4O/c19-18(20,21)12-7-10-25(11-8-12)16-15(22)14(6-9-23-16)17(26)24-13-4-2-1-3-5-13/h1-6,9,12H,7-8,10-11,22H2,(H,24,26). The number of hydrogen-bond acceptors (Lipinski definition) is 4. The number of hydrogen-bond donors (Lipinski definition) is 2. The first-order valence-electron chi connectivity index (χ1n) is 8.29. The van der Waals surface area contributed by atoms with Crippen LogP contribution in [0.5, 0.6) is 0 Å². The second-order valence-electron chi connectivity index (χ2n) is 6.22. The van der Waals surface area contributed by atoms with Crippen LogP contribution in [0.25, 0.3) is 0 Å². The van der Waals surface area contributed by atoms with Crippen molar-refractivity contribution in [3.63, 3.8) is 0 Å². The number of benzene rings is 1. The summed E-state index contributed by atoms with van der Waals surface area (Å²) in [6, 6.07) is 10.4. The quantitative estimate of drug-likeness (QED) is 0.871. The van der Waals surface area contributed by atoms with E-state index in [4.69, 9.17) is 5.73 Å². The Hall–Kier alpha value is -2.77. The molecule has 0 atom stereocenters. The van der Waals surface area contributed by atoms with Gasteiger partial charge in [0.15, 0.2) is 5.82 Å². The Kier molecular flexibility index (Phi) is 5.01. The van der Waals surface area contributed by atoms with Crippen molar-refractivity contribution >= 4 is 23.1 Å². The van der Waals surface area contributed by atoms with E-state index in [1.165, 1.54) is 12.3 Å². The first kappa shape index (κ1) is 18.0. The topological polar surface area (TPSA) is 71.2 Å². The van der Waals surface area contributed by atoms with Crippen molar-refractivity contribution in [2.24, 2.45) is 5.92 Å². The number of aromatic nitrogens is 1. The number of anilines is 3. The van der Waals surface area contributed by atoms with Gasteiger partial charge in [0.25, 0.3) is 5.91 Å². The summed E-state index contributed by atoms with van der Waals surface area (Å²) in [5.41, 5.74) is 7.15. The molecule has 0 aliphatic carbocycles. The van der Waals surface area contributed by atoms with Gasteiger partial charge in [-0.15, -0.1) is 0 Å². The maximum atomic E-state index is 12.8. The molecule has 1 aromatic heterocycles. The first-order chi connectivity index (χ1) is 12.4. The molecule has 2 aromatic rings. The van der Waals surface area contributed by atoms with E-state index in [0.29, 0.717) is 11.5 Å². The lowest BCUT2D eigenvalue weighted by Gasteiger charge is -2.34. The molecule has 0 spiro atoms. The van der Waals surface area contributed by atoms with Crippen LogP contribution in [0.2, 0.25) is 0 Å². The lowest BCUT2D eigenvalue weighted by Crippen LogP contribution is -2.39. The maximum Gasteiger partial charge on any atom is 0.391 e. The fourth-order valence-electron chi connectivity index (χ4n) is 3.05. The summed E-state index contributed by atoms with van der Waals surface area (Å²) < 4.78 is 38.4. The van der Waals surface area contributed by atoms with Crippen molar-refractivity contribution in [3.8, 4) is 0 Å². The summed E-state index contributed by atoms with van der Waals surface area (Å²) in [7, 11) is 0. The van der Waals surface area contributed by atoms with Gasteiger partial charge in [0.1, 0.15) is 0 Å². The van der Waals surface area contributed by atoms with Crippen molar-refractivity contribution in [1.29, 1.82) is 0 Å². The highest BCUT2D eigenvalue weighted by atomic mass is 19.4. The second kappa shape index (κ2) is 7.23. The molecule has 8 heteroatoms. The number of carbonyl (C=O) groups is 1. The average molecular weight is 364 g/mol. The summed E-state index contributed by atoms with van der Waals surface area (Å²) in [5, 5.41) is 2.74. The van der Waals surface area contributed by atoms with E-state index in [0.717, 1.165) is 0 Å². The molecule has 0 saturated carbocycles. The molecule has 2 heterocycles. The number of rotatable bonds is 3. The number of amides is 1. The Bertz CT molecular complexity index is 772. The Morgan fingerprint density at radius 3 is 2.42 bits per heavy atom. The lowest BCUT2D eigenvalue weighted by atomic mass is 9.96. The fourth-order valence-corrected chi connectivity index (χ4v) is 3.05. The van der Waals surface area contributed by atoms with Gasteiger partial charge in [0.2, 0.25) is 0 Å². The van der Waals surface area contributed by atoms with Gasteiger partial charge in [-0.3, -0.25) is 4.79 Å². The van der Waals surface area contributed by atoms with Crippen LogP contribution >= 0.6 is 0 Å². The molecule has 1 saturated heterocycles. The first-order valence-corrected chi connectivity index (χ1v) is 8.29. The highest BCUT2D eigenvalue weighted by molar-refractivity contribution is 6.09. The number of para-hydroxylation sites is 1. The minimum absolute atomic E-state index is 0.00887. The summed E-state index contributed by atoms with van der Waals surface area (Å²) in [6.45, 7) is 0.399. The maximum absolute atomic E-state index is 12.8. The van der Waals surface area contributed by atoms with Crippen LogP contribution in [-0.2, 0) is 0 Å². The number of pyridine rings is 1. The van der Waals surface area contributed by atoms with Crippen molar-refractivity contribution in [3.05, 3.63) is 48.2 Å². The van der Waals surface area contributed by atoms with E-state index in [1.54, 1.807) is 29.2 Å². The molecule has 0 bridgehead atoms. The zero-order valence-corrected chi connectivity index (χ0v) is 14.0. The SMILES string of the molecule is Nc1c(C(=O)Nc2ccccc2)ccnc1N1CCC(C(F)(F)F)CC1. The fraction of sp³-hybridized carbons (Fsp3) is 0.333. The molecule has 1 amide bonds. The molecule has 0 radical (unpaired) electrons. The van der Waals surface area contributed by atoms with Gasteiger partial charge in [-0.05, 0) is 31.0 Å². The van der Waals surface area contributed by atoms with Gasteiger partial charge in [-0.2, -0.15) is 13.2 Å². The van der Waals surface area contributed by atoms with E-state index < -0.39 is 12.1 Å². The van der Waals surface area contributed by atoms with Crippen molar-refractivity contribution in [2.45, 2.75) is 19.0 Å². The Balaban J connectivity index is 1.75. The predicted octanol–water partition coefficient (Wildman–Crippen LogP) is 3.69. The number of alkyl halides is 3. The third kappa shape index (κ3) is 3.89.